The van der Waals surface area contributed by atoms with Gasteiger partial charge in [0, 0.05) is 31.4 Å². The van der Waals surface area contributed by atoms with Crippen molar-refractivity contribution in [1.82, 2.24) is 5.32 Å². The molecular weight excluding hydrogens is 490 g/mol. The lowest BCUT2D eigenvalue weighted by Crippen LogP contribution is -2.44. The van der Waals surface area contributed by atoms with Crippen molar-refractivity contribution < 1.29 is 38.7 Å². The van der Waals surface area contributed by atoms with Crippen LogP contribution in [0.5, 0.6) is 0 Å². The molecule has 0 bridgehead atoms. The topological polar surface area (TPSA) is 124 Å². The van der Waals surface area contributed by atoms with Crippen molar-refractivity contribution in [3.63, 3.8) is 0 Å². The summed E-state index contributed by atoms with van der Waals surface area (Å²) < 4.78 is 24.0. The highest BCUT2D eigenvalue weighted by Crippen LogP contribution is 2.45. The SMILES string of the molecule is O=C(NCCO)C1=CC2OC3(Cc4ccccc4C3)OC2C(OC(=O)c2cccc(C=COCCO)c2)C1. The zero-order valence-electron chi connectivity index (χ0n) is 20.9. The summed E-state index contributed by atoms with van der Waals surface area (Å²) in [5.74, 6) is -1.76. The van der Waals surface area contributed by atoms with Gasteiger partial charge in [-0.15, -0.1) is 0 Å². The molecule has 0 radical (unpaired) electrons. The van der Waals surface area contributed by atoms with Gasteiger partial charge in [-0.1, -0.05) is 36.4 Å². The molecule has 200 valence electrons. The minimum Gasteiger partial charge on any atom is -0.499 e. The second-order valence-corrected chi connectivity index (χ2v) is 9.54. The van der Waals surface area contributed by atoms with E-state index in [-0.39, 0.29) is 38.7 Å². The van der Waals surface area contributed by atoms with Gasteiger partial charge < -0.3 is 34.5 Å². The minimum atomic E-state index is -0.878. The van der Waals surface area contributed by atoms with Crippen LogP contribution in [0.2, 0.25) is 0 Å². The Morgan fingerprint density at radius 2 is 1.84 bits per heavy atom. The van der Waals surface area contributed by atoms with E-state index in [9.17, 15) is 9.59 Å². The maximum absolute atomic E-state index is 13.2. The second kappa shape index (κ2) is 11.5. The summed E-state index contributed by atoms with van der Waals surface area (Å²) in [6.07, 6.45) is 4.31. The van der Waals surface area contributed by atoms with E-state index in [4.69, 9.17) is 29.2 Å². The Kier molecular flexibility index (Phi) is 7.90. The monoisotopic (exact) mass is 521 g/mol. The molecule has 0 saturated carbocycles. The summed E-state index contributed by atoms with van der Waals surface area (Å²) in [5.41, 5.74) is 3.79. The van der Waals surface area contributed by atoms with Crippen LogP contribution in [0.4, 0.5) is 0 Å². The Morgan fingerprint density at radius 3 is 2.58 bits per heavy atom. The highest BCUT2D eigenvalue weighted by Gasteiger charge is 2.55. The lowest BCUT2D eigenvalue weighted by molar-refractivity contribution is -0.172. The summed E-state index contributed by atoms with van der Waals surface area (Å²) in [6, 6.07) is 14.9. The van der Waals surface area contributed by atoms with E-state index in [1.165, 1.54) is 6.26 Å². The van der Waals surface area contributed by atoms with E-state index in [1.54, 1.807) is 30.4 Å². The molecule has 2 aliphatic carbocycles. The first kappa shape index (κ1) is 26.1. The van der Waals surface area contributed by atoms with Gasteiger partial charge in [0.2, 0.25) is 5.91 Å². The van der Waals surface area contributed by atoms with Crippen molar-refractivity contribution in [3.05, 3.63) is 88.7 Å². The van der Waals surface area contributed by atoms with Crippen molar-refractivity contribution in [2.24, 2.45) is 0 Å². The number of hydrogen-bond donors (Lipinski definition) is 3. The third-order valence-corrected chi connectivity index (χ3v) is 6.85. The van der Waals surface area contributed by atoms with Crippen LogP contribution in [0.3, 0.4) is 0 Å². The van der Waals surface area contributed by atoms with Crippen LogP contribution in [0.1, 0.15) is 33.5 Å². The molecule has 2 aromatic rings. The molecule has 5 rings (SSSR count). The van der Waals surface area contributed by atoms with Crippen molar-refractivity contribution >= 4 is 18.0 Å². The van der Waals surface area contributed by atoms with Crippen LogP contribution >= 0.6 is 0 Å². The number of benzene rings is 2. The van der Waals surface area contributed by atoms with Gasteiger partial charge in [0.1, 0.15) is 24.9 Å². The zero-order chi connectivity index (χ0) is 26.5. The average molecular weight is 522 g/mol. The van der Waals surface area contributed by atoms with E-state index in [2.05, 4.69) is 17.4 Å². The molecule has 1 fully saturated rings. The van der Waals surface area contributed by atoms with Crippen molar-refractivity contribution in [2.45, 2.75) is 43.4 Å². The van der Waals surface area contributed by atoms with Crippen LogP contribution in [0.15, 0.2) is 66.4 Å². The number of amides is 1. The number of ether oxygens (including phenoxy) is 4. The molecule has 1 amide bonds. The summed E-state index contributed by atoms with van der Waals surface area (Å²) in [4.78, 5) is 26.0. The first-order valence-corrected chi connectivity index (χ1v) is 12.7. The molecule has 1 saturated heterocycles. The van der Waals surface area contributed by atoms with Crippen LogP contribution in [-0.4, -0.2) is 72.6 Å². The molecule has 3 N–H and O–H groups in total. The molecule has 3 aliphatic rings. The van der Waals surface area contributed by atoms with E-state index in [0.29, 0.717) is 24.0 Å². The summed E-state index contributed by atoms with van der Waals surface area (Å²) in [5, 5.41) is 20.6. The van der Waals surface area contributed by atoms with E-state index < -0.39 is 30.1 Å². The van der Waals surface area contributed by atoms with Crippen LogP contribution in [0.25, 0.3) is 6.08 Å². The summed E-state index contributed by atoms with van der Waals surface area (Å²) in [7, 11) is 0. The lowest BCUT2D eigenvalue weighted by Gasteiger charge is -2.30. The largest absolute Gasteiger partial charge is 0.499 e. The van der Waals surface area contributed by atoms with Gasteiger partial charge in [-0.2, -0.15) is 0 Å². The van der Waals surface area contributed by atoms with Gasteiger partial charge >= 0.3 is 5.97 Å². The van der Waals surface area contributed by atoms with Gasteiger partial charge in [0.15, 0.2) is 5.79 Å². The molecule has 2 aromatic carbocycles. The van der Waals surface area contributed by atoms with Crippen molar-refractivity contribution in [1.29, 1.82) is 0 Å². The molecule has 38 heavy (non-hydrogen) atoms. The number of carbonyl (C=O) groups is 2. The standard InChI is InChI=1S/C29H31NO8/c31-10-9-30-27(33)23-15-24(36-28(34)20-7-3-4-19(14-20)8-12-35-13-11-32)26-25(16-23)37-29(38-26)17-21-5-1-2-6-22(21)18-29/h1-8,12,14,16,24-26,31-32H,9-11,13,15,17-18H2,(H,30,33). The number of fused-ring (bicyclic) bond motifs is 2. The predicted octanol–water partition coefficient (Wildman–Crippen LogP) is 1.91. The fourth-order valence-electron chi connectivity index (χ4n) is 5.17. The molecule has 3 unspecified atom stereocenters. The molecule has 1 aliphatic heterocycles. The van der Waals surface area contributed by atoms with Crippen molar-refractivity contribution in [2.75, 3.05) is 26.4 Å². The van der Waals surface area contributed by atoms with E-state index in [1.807, 2.05) is 18.2 Å². The molecule has 0 aromatic heterocycles. The Balaban J connectivity index is 1.35. The van der Waals surface area contributed by atoms with E-state index in [0.717, 1.165) is 16.7 Å². The normalized spacial score (nSPS) is 23.1. The highest BCUT2D eigenvalue weighted by molar-refractivity contribution is 5.94. The third-order valence-electron chi connectivity index (χ3n) is 6.85. The molecule has 1 spiro atoms. The molecule has 9 heteroatoms. The number of carbonyl (C=O) groups excluding carboxylic acids is 2. The smallest absolute Gasteiger partial charge is 0.338 e. The molecule has 9 nitrogen and oxygen atoms in total. The predicted molar refractivity (Wildman–Crippen MR) is 137 cm³/mol. The molecule has 1 heterocycles. The Morgan fingerprint density at radius 1 is 1.05 bits per heavy atom. The quantitative estimate of drug-likeness (QED) is 0.260. The van der Waals surface area contributed by atoms with Crippen LogP contribution in [-0.2, 0) is 36.6 Å². The Hall–Kier alpha value is -3.50. The molecule has 3 atom stereocenters. The molecular formula is C29H31NO8. The fraction of sp³-hybridized carbons (Fsp3) is 0.379. The van der Waals surface area contributed by atoms with Gasteiger partial charge in [0.25, 0.3) is 0 Å². The van der Waals surface area contributed by atoms with E-state index >= 15 is 0 Å². The maximum Gasteiger partial charge on any atom is 0.338 e. The maximum atomic E-state index is 13.2. The first-order chi connectivity index (χ1) is 18.5. The second-order valence-electron chi connectivity index (χ2n) is 9.54. The number of aliphatic hydroxyl groups is 2. The average Bonchev–Trinajstić information content (AvgIpc) is 3.48. The van der Waals surface area contributed by atoms with Crippen molar-refractivity contribution in [3.8, 4) is 0 Å². The van der Waals surface area contributed by atoms with Crippen LogP contribution < -0.4 is 5.32 Å². The number of nitrogens with one attached hydrogen (secondary N) is 1. The van der Waals surface area contributed by atoms with Gasteiger partial charge in [0.05, 0.1) is 25.0 Å². The number of esters is 1. The Labute approximate surface area is 220 Å². The van der Waals surface area contributed by atoms with Gasteiger partial charge in [-0.3, -0.25) is 4.79 Å². The summed E-state index contributed by atoms with van der Waals surface area (Å²) >= 11 is 0. The third kappa shape index (κ3) is 5.66. The number of aliphatic hydroxyl groups excluding tert-OH is 2. The first-order valence-electron chi connectivity index (χ1n) is 12.7. The lowest BCUT2D eigenvalue weighted by atomic mass is 9.91. The minimum absolute atomic E-state index is 0.0894. The number of hydrogen-bond acceptors (Lipinski definition) is 8. The highest BCUT2D eigenvalue weighted by atomic mass is 16.8. The van der Waals surface area contributed by atoms with Gasteiger partial charge in [-0.05, 0) is 41.0 Å². The van der Waals surface area contributed by atoms with Crippen LogP contribution in [0, 0.1) is 0 Å². The summed E-state index contributed by atoms with van der Waals surface area (Å²) in [6.45, 7) is 0.0284. The Bertz CT molecular complexity index is 1210. The van der Waals surface area contributed by atoms with Gasteiger partial charge in [-0.25, -0.2) is 4.79 Å². The fourth-order valence-corrected chi connectivity index (χ4v) is 5.17. The zero-order valence-corrected chi connectivity index (χ0v) is 20.9. The number of rotatable bonds is 9.